The lowest BCUT2D eigenvalue weighted by molar-refractivity contribution is -0.147. The van der Waals surface area contributed by atoms with E-state index in [9.17, 15) is 14.7 Å². The molecule has 0 aliphatic carbocycles. The molecule has 0 aliphatic rings. The number of carbonyl (C=O) groups excluding carboxylic acids is 1. The smallest absolute Gasteiger partial charge is 0.337 e. The van der Waals surface area contributed by atoms with Gasteiger partial charge in [-0.2, -0.15) is 0 Å². The molecule has 1 aromatic carbocycles. The van der Waals surface area contributed by atoms with Crippen LogP contribution in [0.1, 0.15) is 29.2 Å². The summed E-state index contributed by atoms with van der Waals surface area (Å²) in [5, 5.41) is 18.3. The van der Waals surface area contributed by atoms with E-state index in [2.05, 4.69) is 0 Å². The number of rotatable bonds is 5. The van der Waals surface area contributed by atoms with E-state index in [1.807, 2.05) is 13.0 Å². The molecular formula is C12H14O4. The molecule has 0 heterocycles. The number of aliphatic carboxylic acids is 1. The molecule has 2 N–H and O–H groups in total. The Kier molecular flexibility index (Phi) is 4.19. The molecule has 0 saturated heterocycles. The van der Waals surface area contributed by atoms with Gasteiger partial charge in [0.2, 0.25) is 0 Å². The van der Waals surface area contributed by atoms with Crippen molar-refractivity contribution >= 4 is 12.3 Å². The standard InChI is InChI=1S/C12H14O4/c1-8-4-5-9(3-2-6-13)10(7-8)11(14)12(15)16/h4-7,11,14H,2-3H2,1H3,(H,15,16). The van der Waals surface area contributed by atoms with Crippen LogP contribution in [0.2, 0.25) is 0 Å². The summed E-state index contributed by atoms with van der Waals surface area (Å²) in [5.74, 6) is -1.28. The normalized spacial score (nSPS) is 12.1. The molecule has 4 heteroatoms. The van der Waals surface area contributed by atoms with Crippen molar-refractivity contribution in [3.63, 3.8) is 0 Å². The maximum Gasteiger partial charge on any atom is 0.337 e. The Morgan fingerprint density at radius 1 is 1.50 bits per heavy atom. The van der Waals surface area contributed by atoms with Crippen LogP contribution < -0.4 is 0 Å². The SMILES string of the molecule is Cc1ccc(CCC=O)c(C(O)C(=O)O)c1. The van der Waals surface area contributed by atoms with E-state index >= 15 is 0 Å². The summed E-state index contributed by atoms with van der Waals surface area (Å²) in [5.41, 5.74) is 1.95. The van der Waals surface area contributed by atoms with Gasteiger partial charge in [-0.3, -0.25) is 0 Å². The van der Waals surface area contributed by atoms with Gasteiger partial charge in [-0.05, 0) is 24.5 Å². The lowest BCUT2D eigenvalue weighted by Gasteiger charge is -2.12. The van der Waals surface area contributed by atoms with E-state index < -0.39 is 12.1 Å². The highest BCUT2D eigenvalue weighted by Gasteiger charge is 2.19. The Balaban J connectivity index is 3.06. The molecule has 4 nitrogen and oxygen atoms in total. The van der Waals surface area contributed by atoms with Crippen LogP contribution in [0.4, 0.5) is 0 Å². The van der Waals surface area contributed by atoms with Crippen LogP contribution in [-0.2, 0) is 16.0 Å². The quantitative estimate of drug-likeness (QED) is 0.735. The summed E-state index contributed by atoms with van der Waals surface area (Å²) in [4.78, 5) is 21.0. The number of hydrogen-bond donors (Lipinski definition) is 2. The van der Waals surface area contributed by atoms with Crippen LogP contribution >= 0.6 is 0 Å². The van der Waals surface area contributed by atoms with Crippen LogP contribution in [0, 0.1) is 6.92 Å². The molecule has 86 valence electrons. The third-order valence-corrected chi connectivity index (χ3v) is 2.36. The van der Waals surface area contributed by atoms with Gasteiger partial charge in [0.15, 0.2) is 6.10 Å². The van der Waals surface area contributed by atoms with Crippen molar-refractivity contribution < 1.29 is 19.8 Å². The minimum atomic E-state index is -1.53. The Morgan fingerprint density at radius 3 is 2.75 bits per heavy atom. The Morgan fingerprint density at radius 2 is 2.19 bits per heavy atom. The summed E-state index contributed by atoms with van der Waals surface area (Å²) < 4.78 is 0. The first-order valence-electron chi connectivity index (χ1n) is 5.00. The zero-order valence-corrected chi connectivity index (χ0v) is 9.01. The molecule has 1 unspecified atom stereocenters. The minimum Gasteiger partial charge on any atom is -0.479 e. The highest BCUT2D eigenvalue weighted by atomic mass is 16.4. The molecule has 0 aromatic heterocycles. The molecule has 0 bridgehead atoms. The van der Waals surface area contributed by atoms with Gasteiger partial charge in [-0.25, -0.2) is 4.79 Å². The van der Waals surface area contributed by atoms with Crippen molar-refractivity contribution in [1.29, 1.82) is 0 Å². The Labute approximate surface area is 93.5 Å². The van der Waals surface area contributed by atoms with Gasteiger partial charge in [0.25, 0.3) is 0 Å². The van der Waals surface area contributed by atoms with E-state index in [-0.39, 0.29) is 0 Å². The number of carboxylic acids is 1. The molecule has 0 fully saturated rings. The van der Waals surface area contributed by atoms with E-state index in [1.165, 1.54) is 0 Å². The van der Waals surface area contributed by atoms with E-state index in [1.54, 1.807) is 12.1 Å². The second-order valence-electron chi connectivity index (χ2n) is 3.65. The van der Waals surface area contributed by atoms with Gasteiger partial charge in [-0.1, -0.05) is 23.8 Å². The zero-order valence-electron chi connectivity index (χ0n) is 9.01. The fourth-order valence-corrected chi connectivity index (χ4v) is 1.54. The zero-order chi connectivity index (χ0) is 12.1. The molecule has 0 aliphatic heterocycles. The lowest BCUT2D eigenvalue weighted by Crippen LogP contribution is -2.13. The average Bonchev–Trinajstić information content (AvgIpc) is 2.26. The molecule has 16 heavy (non-hydrogen) atoms. The molecule has 1 atom stereocenters. The molecule has 0 radical (unpaired) electrons. The number of carbonyl (C=O) groups is 2. The first kappa shape index (κ1) is 12.4. The Bertz CT molecular complexity index is 398. The fourth-order valence-electron chi connectivity index (χ4n) is 1.54. The highest BCUT2D eigenvalue weighted by Crippen LogP contribution is 2.21. The summed E-state index contributed by atoms with van der Waals surface area (Å²) >= 11 is 0. The number of carboxylic acid groups (broad SMARTS) is 1. The van der Waals surface area contributed by atoms with Crippen LogP contribution in [0.3, 0.4) is 0 Å². The van der Waals surface area contributed by atoms with E-state index in [4.69, 9.17) is 5.11 Å². The first-order chi connectivity index (χ1) is 7.56. The van der Waals surface area contributed by atoms with E-state index in [0.717, 1.165) is 11.8 Å². The number of hydrogen-bond acceptors (Lipinski definition) is 3. The molecule has 1 aromatic rings. The van der Waals surface area contributed by atoms with Crippen molar-refractivity contribution in [2.24, 2.45) is 0 Å². The van der Waals surface area contributed by atoms with Gasteiger partial charge in [0, 0.05) is 6.42 Å². The van der Waals surface area contributed by atoms with Crippen molar-refractivity contribution in [2.45, 2.75) is 25.9 Å². The number of aryl methyl sites for hydroxylation is 2. The average molecular weight is 222 g/mol. The van der Waals surface area contributed by atoms with Crippen molar-refractivity contribution in [3.05, 3.63) is 34.9 Å². The van der Waals surface area contributed by atoms with Gasteiger partial charge >= 0.3 is 5.97 Å². The van der Waals surface area contributed by atoms with Crippen molar-refractivity contribution in [2.75, 3.05) is 0 Å². The van der Waals surface area contributed by atoms with Gasteiger partial charge in [0.1, 0.15) is 6.29 Å². The third kappa shape index (κ3) is 2.90. The maximum atomic E-state index is 10.7. The molecule has 0 amide bonds. The van der Waals surface area contributed by atoms with Crippen molar-refractivity contribution in [1.82, 2.24) is 0 Å². The van der Waals surface area contributed by atoms with Crippen LogP contribution in [0.25, 0.3) is 0 Å². The van der Waals surface area contributed by atoms with Crippen LogP contribution in [-0.4, -0.2) is 22.5 Å². The second-order valence-corrected chi connectivity index (χ2v) is 3.65. The topological polar surface area (TPSA) is 74.6 Å². The second kappa shape index (κ2) is 5.42. The first-order valence-corrected chi connectivity index (χ1v) is 5.00. The predicted octanol–water partition coefficient (Wildman–Crippen LogP) is 1.24. The largest absolute Gasteiger partial charge is 0.479 e. The van der Waals surface area contributed by atoms with Crippen LogP contribution in [0.5, 0.6) is 0 Å². The maximum absolute atomic E-state index is 10.7. The monoisotopic (exact) mass is 222 g/mol. The highest BCUT2D eigenvalue weighted by molar-refractivity contribution is 5.74. The van der Waals surface area contributed by atoms with Gasteiger partial charge < -0.3 is 15.0 Å². The van der Waals surface area contributed by atoms with Crippen molar-refractivity contribution in [3.8, 4) is 0 Å². The molecule has 0 spiro atoms. The molecule has 0 saturated carbocycles. The lowest BCUT2D eigenvalue weighted by atomic mass is 9.97. The number of aldehydes is 1. The summed E-state index contributed by atoms with van der Waals surface area (Å²) in [6.07, 6.45) is 0.0179. The summed E-state index contributed by atoms with van der Waals surface area (Å²) in [6.45, 7) is 1.82. The molecular weight excluding hydrogens is 208 g/mol. The van der Waals surface area contributed by atoms with E-state index in [0.29, 0.717) is 24.0 Å². The summed E-state index contributed by atoms with van der Waals surface area (Å²) in [6, 6.07) is 5.22. The molecule has 1 rings (SSSR count). The Hall–Kier alpha value is -1.68. The third-order valence-electron chi connectivity index (χ3n) is 2.36. The van der Waals surface area contributed by atoms with Crippen LogP contribution in [0.15, 0.2) is 18.2 Å². The number of aliphatic hydroxyl groups excluding tert-OH is 1. The predicted molar refractivity (Wildman–Crippen MR) is 58.2 cm³/mol. The summed E-state index contributed by atoms with van der Waals surface area (Å²) in [7, 11) is 0. The minimum absolute atomic E-state index is 0.322. The number of aliphatic hydroxyl groups is 1. The fraction of sp³-hybridized carbons (Fsp3) is 0.333. The number of benzene rings is 1. The van der Waals surface area contributed by atoms with Gasteiger partial charge in [-0.15, -0.1) is 0 Å². The van der Waals surface area contributed by atoms with Gasteiger partial charge in [0.05, 0.1) is 0 Å².